The number of hydrogen-bond acceptors (Lipinski definition) is 3. The molecule has 0 bridgehead atoms. The van der Waals surface area contributed by atoms with E-state index in [2.05, 4.69) is 15.3 Å². The average molecular weight is 282 g/mol. The molecule has 0 spiro atoms. The van der Waals surface area contributed by atoms with Crippen molar-refractivity contribution in [2.24, 2.45) is 0 Å². The highest BCUT2D eigenvalue weighted by Gasteiger charge is 2.14. The summed E-state index contributed by atoms with van der Waals surface area (Å²) in [5.41, 5.74) is 1.69. The van der Waals surface area contributed by atoms with Crippen LogP contribution in [-0.4, -0.2) is 9.97 Å². The van der Waals surface area contributed by atoms with Gasteiger partial charge in [0.05, 0.1) is 10.7 Å². The number of rotatable bonds is 3. The topological polar surface area (TPSA) is 37.8 Å². The molecular formula is C13H13Cl2N3. The van der Waals surface area contributed by atoms with Crippen LogP contribution in [0.5, 0.6) is 0 Å². The molecule has 0 aliphatic rings. The van der Waals surface area contributed by atoms with Crippen LogP contribution in [0.1, 0.15) is 25.3 Å². The fourth-order valence-electron chi connectivity index (χ4n) is 1.68. The number of aromatic nitrogens is 2. The molecule has 0 saturated carbocycles. The molecule has 0 amide bonds. The van der Waals surface area contributed by atoms with Crippen molar-refractivity contribution in [1.29, 1.82) is 0 Å². The van der Waals surface area contributed by atoms with E-state index in [1.807, 2.05) is 38.1 Å². The molecule has 0 atom stereocenters. The van der Waals surface area contributed by atoms with E-state index in [9.17, 15) is 0 Å². The van der Waals surface area contributed by atoms with Crippen molar-refractivity contribution in [1.82, 2.24) is 9.97 Å². The second-order valence-corrected chi connectivity index (χ2v) is 4.95. The second-order valence-electron chi connectivity index (χ2n) is 4.19. The normalized spacial score (nSPS) is 10.7. The summed E-state index contributed by atoms with van der Waals surface area (Å²) in [5.74, 6) is 0.918. The van der Waals surface area contributed by atoms with Gasteiger partial charge in [-0.2, -0.15) is 0 Å². The van der Waals surface area contributed by atoms with Gasteiger partial charge in [-0.05, 0) is 18.1 Å². The van der Waals surface area contributed by atoms with Gasteiger partial charge < -0.3 is 5.32 Å². The first-order valence-corrected chi connectivity index (χ1v) is 6.37. The Morgan fingerprint density at radius 2 is 1.83 bits per heavy atom. The number of halogens is 2. The smallest absolute Gasteiger partial charge is 0.138 e. The van der Waals surface area contributed by atoms with Gasteiger partial charge in [-0.3, -0.25) is 0 Å². The van der Waals surface area contributed by atoms with Gasteiger partial charge in [0.25, 0.3) is 0 Å². The zero-order chi connectivity index (χ0) is 13.1. The quantitative estimate of drug-likeness (QED) is 0.832. The molecule has 0 radical (unpaired) electrons. The highest BCUT2D eigenvalue weighted by molar-refractivity contribution is 6.33. The molecule has 94 valence electrons. The highest BCUT2D eigenvalue weighted by atomic mass is 35.5. The van der Waals surface area contributed by atoms with E-state index in [4.69, 9.17) is 23.2 Å². The molecular weight excluding hydrogens is 269 g/mol. The van der Waals surface area contributed by atoms with Crippen molar-refractivity contribution in [3.8, 4) is 0 Å². The molecule has 2 rings (SSSR count). The van der Waals surface area contributed by atoms with Crippen LogP contribution in [0, 0.1) is 0 Å². The van der Waals surface area contributed by atoms with Crippen LogP contribution < -0.4 is 5.32 Å². The summed E-state index contributed by atoms with van der Waals surface area (Å²) in [4.78, 5) is 8.24. The van der Waals surface area contributed by atoms with E-state index in [1.54, 1.807) is 0 Å². The van der Waals surface area contributed by atoms with Crippen LogP contribution in [0.3, 0.4) is 0 Å². The fraction of sp³-hybridized carbons (Fsp3) is 0.231. The summed E-state index contributed by atoms with van der Waals surface area (Å²) in [7, 11) is 0. The number of para-hydroxylation sites is 1. The van der Waals surface area contributed by atoms with Crippen LogP contribution in [-0.2, 0) is 0 Å². The van der Waals surface area contributed by atoms with Crippen LogP contribution in [0.15, 0.2) is 30.6 Å². The predicted molar refractivity (Wildman–Crippen MR) is 75.9 cm³/mol. The van der Waals surface area contributed by atoms with Crippen LogP contribution in [0.2, 0.25) is 10.2 Å². The van der Waals surface area contributed by atoms with Crippen molar-refractivity contribution in [3.63, 3.8) is 0 Å². The minimum Gasteiger partial charge on any atom is -0.339 e. The summed E-state index contributed by atoms with van der Waals surface area (Å²) in [6.45, 7) is 4.09. The van der Waals surface area contributed by atoms with Gasteiger partial charge in [-0.15, -0.1) is 0 Å². The van der Waals surface area contributed by atoms with Crippen LogP contribution in [0.4, 0.5) is 11.5 Å². The third-order valence-electron chi connectivity index (χ3n) is 2.54. The van der Waals surface area contributed by atoms with Gasteiger partial charge in [0.1, 0.15) is 17.3 Å². The number of anilines is 2. The van der Waals surface area contributed by atoms with E-state index in [0.29, 0.717) is 16.0 Å². The second kappa shape index (κ2) is 5.55. The van der Waals surface area contributed by atoms with E-state index < -0.39 is 0 Å². The summed E-state index contributed by atoms with van der Waals surface area (Å²) in [5, 5.41) is 4.30. The molecule has 0 aliphatic heterocycles. The zero-order valence-corrected chi connectivity index (χ0v) is 11.6. The Hall–Kier alpha value is -1.32. The Kier molecular flexibility index (Phi) is 4.04. The summed E-state index contributed by atoms with van der Waals surface area (Å²) >= 11 is 12.2. The average Bonchev–Trinajstić information content (AvgIpc) is 2.31. The van der Waals surface area contributed by atoms with Crippen molar-refractivity contribution >= 4 is 34.7 Å². The minimum atomic E-state index is 0.226. The molecule has 18 heavy (non-hydrogen) atoms. The van der Waals surface area contributed by atoms with Gasteiger partial charge in [-0.1, -0.05) is 49.2 Å². The Labute approximate surface area is 116 Å². The third kappa shape index (κ3) is 2.74. The van der Waals surface area contributed by atoms with Gasteiger partial charge in [0, 0.05) is 5.56 Å². The highest BCUT2D eigenvalue weighted by Crippen LogP contribution is 2.31. The number of nitrogens with one attached hydrogen (secondary N) is 1. The number of nitrogens with zero attached hydrogens (tertiary/aromatic N) is 2. The molecule has 2 aromatic rings. The summed E-state index contributed by atoms with van der Waals surface area (Å²) in [6.07, 6.45) is 1.44. The summed E-state index contributed by atoms with van der Waals surface area (Å²) < 4.78 is 0. The van der Waals surface area contributed by atoms with E-state index >= 15 is 0 Å². The first-order valence-electron chi connectivity index (χ1n) is 5.61. The van der Waals surface area contributed by atoms with Crippen LogP contribution >= 0.6 is 23.2 Å². The fourth-order valence-corrected chi connectivity index (χ4v) is 2.21. The van der Waals surface area contributed by atoms with Gasteiger partial charge in [0.2, 0.25) is 0 Å². The monoisotopic (exact) mass is 281 g/mol. The zero-order valence-electron chi connectivity index (χ0n) is 10.1. The molecule has 0 unspecified atom stereocenters. The lowest BCUT2D eigenvalue weighted by Crippen LogP contribution is -2.03. The maximum absolute atomic E-state index is 6.11. The Morgan fingerprint density at radius 1 is 1.11 bits per heavy atom. The van der Waals surface area contributed by atoms with Crippen molar-refractivity contribution < 1.29 is 0 Å². The maximum atomic E-state index is 6.11. The molecule has 1 heterocycles. The van der Waals surface area contributed by atoms with Gasteiger partial charge >= 0.3 is 0 Å². The van der Waals surface area contributed by atoms with Gasteiger partial charge in [-0.25, -0.2) is 9.97 Å². The lowest BCUT2D eigenvalue weighted by atomic mass is 10.1. The molecule has 1 N–H and O–H groups in total. The molecule has 0 fully saturated rings. The first kappa shape index (κ1) is 13.1. The largest absolute Gasteiger partial charge is 0.339 e. The first-order chi connectivity index (χ1) is 8.59. The molecule has 5 heteroatoms. The standard InChI is InChI=1S/C13H13Cl2N3/c1-8(2)11-12(15)16-7-17-13(11)18-10-6-4-3-5-9(10)14/h3-8H,1-2H3,(H,16,17,18). The molecule has 3 nitrogen and oxygen atoms in total. The Morgan fingerprint density at radius 3 is 2.50 bits per heavy atom. The van der Waals surface area contributed by atoms with Crippen molar-refractivity contribution in [3.05, 3.63) is 46.3 Å². The van der Waals surface area contributed by atoms with E-state index in [-0.39, 0.29) is 5.92 Å². The third-order valence-corrected chi connectivity index (χ3v) is 3.17. The Bertz CT molecular complexity index is 556. The van der Waals surface area contributed by atoms with E-state index in [1.165, 1.54) is 6.33 Å². The lowest BCUT2D eigenvalue weighted by Gasteiger charge is -2.14. The molecule has 1 aromatic carbocycles. The van der Waals surface area contributed by atoms with Crippen LogP contribution in [0.25, 0.3) is 0 Å². The molecule has 1 aromatic heterocycles. The van der Waals surface area contributed by atoms with Crippen molar-refractivity contribution in [2.75, 3.05) is 5.32 Å². The summed E-state index contributed by atoms with van der Waals surface area (Å²) in [6, 6.07) is 7.50. The SMILES string of the molecule is CC(C)c1c(Cl)ncnc1Nc1ccccc1Cl. The number of hydrogen-bond donors (Lipinski definition) is 1. The number of benzene rings is 1. The lowest BCUT2D eigenvalue weighted by molar-refractivity contribution is 0.850. The predicted octanol–water partition coefficient (Wildman–Crippen LogP) is 4.65. The van der Waals surface area contributed by atoms with E-state index in [0.717, 1.165) is 11.3 Å². The molecule has 0 saturated heterocycles. The van der Waals surface area contributed by atoms with Crippen molar-refractivity contribution in [2.45, 2.75) is 19.8 Å². The van der Waals surface area contributed by atoms with Gasteiger partial charge in [0.15, 0.2) is 0 Å². The molecule has 0 aliphatic carbocycles. The maximum Gasteiger partial charge on any atom is 0.138 e. The Balaban J connectivity index is 2.41. The minimum absolute atomic E-state index is 0.226.